The van der Waals surface area contributed by atoms with E-state index in [1.165, 1.54) is 95.6 Å². The van der Waals surface area contributed by atoms with Gasteiger partial charge in [-0.05, 0) is 122 Å². The molecule has 1 N–H and O–H groups in total. The SMILES string of the molecule is COC(=O)C(Cc1ccc(F)cc1)C(=O)N1CCC(Cn2cncn2)(C2CCCCC2)CC1.O=C(O)C(Cc1ccc(F)cc1)C(=O)N1CCC(Cn2cncn2)(C2CCCCC2)CC1. The second-order valence-electron chi connectivity index (χ2n) is 18.9. The van der Waals surface area contributed by atoms with Gasteiger partial charge in [0.15, 0.2) is 0 Å². The van der Waals surface area contributed by atoms with Gasteiger partial charge in [0.1, 0.15) is 48.8 Å². The minimum Gasteiger partial charge on any atom is -0.481 e. The Hall–Kier alpha value is -5.54. The first-order valence-electron chi connectivity index (χ1n) is 23.5. The molecule has 2 saturated carbocycles. The zero-order valence-electron chi connectivity index (χ0n) is 37.6. The van der Waals surface area contributed by atoms with Gasteiger partial charge in [0.25, 0.3) is 0 Å². The molecular formula is C49H64F2N8O6. The Morgan fingerprint density at radius 3 is 1.37 bits per heavy atom. The maximum absolute atomic E-state index is 13.4. The van der Waals surface area contributed by atoms with E-state index < -0.39 is 23.8 Å². The fourth-order valence-electron chi connectivity index (χ4n) is 11.3. The molecule has 2 aromatic heterocycles. The van der Waals surface area contributed by atoms with Crippen molar-refractivity contribution in [3.63, 3.8) is 0 Å². The summed E-state index contributed by atoms with van der Waals surface area (Å²) in [6, 6.07) is 11.6. The summed E-state index contributed by atoms with van der Waals surface area (Å²) in [5.74, 6) is -3.82. The minimum atomic E-state index is -1.15. The third-order valence-corrected chi connectivity index (χ3v) is 15.1. The van der Waals surface area contributed by atoms with Crippen LogP contribution in [0.25, 0.3) is 0 Å². The number of esters is 1. The summed E-state index contributed by atoms with van der Waals surface area (Å²) in [5, 5.41) is 18.4. The van der Waals surface area contributed by atoms with E-state index in [1.54, 1.807) is 54.5 Å². The second kappa shape index (κ2) is 22.1. The number of carbonyl (C=O) groups excluding carboxylic acids is 3. The van der Waals surface area contributed by atoms with Gasteiger partial charge in [-0.1, -0.05) is 62.8 Å². The first-order chi connectivity index (χ1) is 31.5. The lowest BCUT2D eigenvalue weighted by Gasteiger charge is -2.48. The zero-order chi connectivity index (χ0) is 45.8. The van der Waals surface area contributed by atoms with E-state index in [0.717, 1.165) is 44.3 Å². The fourth-order valence-corrected chi connectivity index (χ4v) is 11.3. The molecule has 2 aliphatic carbocycles. The standard InChI is InChI=1S/C25H33FN4O3.C24H31FN4O3/c1-33-24(32)22(15-19-7-9-21(26)10-8-19)23(31)29-13-11-25(12-14-29,16-30-18-27-17-28-30)20-5-3-2-4-6-20;25-20-8-6-18(7-9-20)14-21(23(31)32)22(30)28-12-10-24(11-13-28,15-29-17-26-16-27-29)19-4-2-1-3-5-19/h7-10,17-18,20,22H,2-6,11-16H2,1H3;6-9,16-17,19,21H,1-5,10-15H2,(H,31,32). The number of aliphatic carboxylic acids is 1. The van der Waals surface area contributed by atoms with Gasteiger partial charge in [0, 0.05) is 39.3 Å². The smallest absolute Gasteiger partial charge is 0.318 e. The Morgan fingerprint density at radius 1 is 0.631 bits per heavy atom. The predicted molar refractivity (Wildman–Crippen MR) is 237 cm³/mol. The van der Waals surface area contributed by atoms with Crippen LogP contribution in [0.2, 0.25) is 0 Å². The van der Waals surface area contributed by atoms with Crippen molar-refractivity contribution in [2.45, 2.75) is 116 Å². The van der Waals surface area contributed by atoms with E-state index in [2.05, 4.69) is 20.2 Å². The van der Waals surface area contributed by atoms with Crippen LogP contribution in [0.15, 0.2) is 73.8 Å². The van der Waals surface area contributed by atoms with Crippen molar-refractivity contribution < 1.29 is 37.8 Å². The number of rotatable bonds is 14. The number of hydrogen-bond donors (Lipinski definition) is 1. The molecule has 2 aliphatic heterocycles. The molecule has 4 aliphatic rings. The Labute approximate surface area is 380 Å². The van der Waals surface area contributed by atoms with Crippen LogP contribution in [-0.2, 0) is 49.8 Å². The van der Waals surface area contributed by atoms with Gasteiger partial charge in [0.05, 0.1) is 7.11 Å². The maximum atomic E-state index is 13.4. The van der Waals surface area contributed by atoms with Crippen LogP contribution >= 0.6 is 0 Å². The van der Waals surface area contributed by atoms with E-state index in [4.69, 9.17) is 4.74 Å². The maximum Gasteiger partial charge on any atom is 0.318 e. The molecule has 2 amide bonds. The average Bonchev–Trinajstić information content (AvgIpc) is 4.06. The molecule has 4 heterocycles. The largest absolute Gasteiger partial charge is 0.481 e. The lowest BCUT2D eigenvalue weighted by Crippen LogP contribution is -2.51. The van der Waals surface area contributed by atoms with Gasteiger partial charge in [-0.15, -0.1) is 0 Å². The summed E-state index contributed by atoms with van der Waals surface area (Å²) in [6.45, 7) is 3.93. The monoisotopic (exact) mass is 898 g/mol. The molecule has 14 nitrogen and oxygen atoms in total. The number of likely N-dealkylation sites (tertiary alicyclic amines) is 2. The molecule has 2 aromatic carbocycles. The highest BCUT2D eigenvalue weighted by Gasteiger charge is 2.46. The number of carboxylic acids is 1. The number of benzene rings is 2. The van der Waals surface area contributed by atoms with Crippen LogP contribution in [0.1, 0.15) is 101 Å². The average molecular weight is 899 g/mol. The van der Waals surface area contributed by atoms with Crippen molar-refractivity contribution in [2.24, 2.45) is 34.5 Å². The first kappa shape index (κ1) is 47.4. The highest BCUT2D eigenvalue weighted by molar-refractivity contribution is 5.98. The number of halogens is 2. The number of methoxy groups -OCH3 is 1. The summed E-state index contributed by atoms with van der Waals surface area (Å²) < 4.78 is 35.3. The van der Waals surface area contributed by atoms with Crippen LogP contribution in [0, 0.1) is 46.1 Å². The molecular weight excluding hydrogens is 835 g/mol. The van der Waals surface area contributed by atoms with Gasteiger partial charge < -0.3 is 19.6 Å². The molecule has 8 rings (SSSR count). The molecule has 2 atom stereocenters. The molecule has 2 saturated heterocycles. The Morgan fingerprint density at radius 2 is 1.02 bits per heavy atom. The van der Waals surface area contributed by atoms with Crippen molar-refractivity contribution in [2.75, 3.05) is 33.3 Å². The molecule has 4 fully saturated rings. The summed E-state index contributed by atoms with van der Waals surface area (Å²) in [4.78, 5) is 62.7. The number of amides is 2. The van der Waals surface area contributed by atoms with Gasteiger partial charge in [0.2, 0.25) is 11.8 Å². The van der Waals surface area contributed by atoms with Crippen molar-refractivity contribution in [1.29, 1.82) is 0 Å². The lowest BCUT2D eigenvalue weighted by atomic mass is 9.63. The summed E-state index contributed by atoms with van der Waals surface area (Å²) in [5.41, 5.74) is 1.52. The van der Waals surface area contributed by atoms with Crippen LogP contribution in [0.3, 0.4) is 0 Å². The quantitative estimate of drug-likeness (QED) is 0.101. The fraction of sp³-hybridized carbons (Fsp3) is 0.592. The number of aromatic nitrogens is 6. The van der Waals surface area contributed by atoms with E-state index >= 15 is 0 Å². The van der Waals surface area contributed by atoms with Gasteiger partial charge in [-0.2, -0.15) is 10.2 Å². The highest BCUT2D eigenvalue weighted by Crippen LogP contribution is 2.48. The zero-order valence-corrected chi connectivity index (χ0v) is 37.6. The molecule has 2 unspecified atom stereocenters. The molecule has 0 radical (unpaired) electrons. The molecule has 16 heteroatoms. The number of nitrogens with zero attached hydrogens (tertiary/aromatic N) is 8. The van der Waals surface area contributed by atoms with Crippen LogP contribution in [-0.4, -0.2) is 101 Å². The highest BCUT2D eigenvalue weighted by atomic mass is 19.1. The summed E-state index contributed by atoms with van der Waals surface area (Å²) in [7, 11) is 1.30. The number of piperidine rings is 2. The summed E-state index contributed by atoms with van der Waals surface area (Å²) in [6.07, 6.45) is 22.8. The number of carbonyl (C=O) groups is 4. The number of ether oxygens (including phenoxy) is 1. The van der Waals surface area contributed by atoms with Gasteiger partial charge in [-0.25, -0.2) is 18.7 Å². The van der Waals surface area contributed by atoms with E-state index in [1.807, 2.05) is 14.3 Å². The van der Waals surface area contributed by atoms with Crippen molar-refractivity contribution in [3.8, 4) is 0 Å². The molecule has 4 aromatic rings. The van der Waals surface area contributed by atoms with Crippen LogP contribution < -0.4 is 0 Å². The molecule has 350 valence electrons. The Bertz CT molecular complexity index is 2120. The normalized spacial score (nSPS) is 19.9. The van der Waals surface area contributed by atoms with Gasteiger partial charge >= 0.3 is 11.9 Å². The minimum absolute atomic E-state index is 0.0561. The third kappa shape index (κ3) is 12.0. The molecule has 0 spiro atoms. The summed E-state index contributed by atoms with van der Waals surface area (Å²) >= 11 is 0. The van der Waals surface area contributed by atoms with Crippen molar-refractivity contribution >= 4 is 23.8 Å². The Balaban J connectivity index is 0.000000194. The van der Waals surface area contributed by atoms with E-state index in [-0.39, 0.29) is 47.1 Å². The number of carboxylic acid groups (broad SMARTS) is 1. The van der Waals surface area contributed by atoms with Crippen molar-refractivity contribution in [1.82, 2.24) is 39.3 Å². The van der Waals surface area contributed by atoms with Crippen molar-refractivity contribution in [3.05, 3.63) is 96.6 Å². The van der Waals surface area contributed by atoms with E-state index in [9.17, 15) is 33.1 Å². The molecule has 0 bridgehead atoms. The first-order valence-corrected chi connectivity index (χ1v) is 23.5. The predicted octanol–water partition coefficient (Wildman–Crippen LogP) is 7.19. The van der Waals surface area contributed by atoms with Crippen LogP contribution in [0.4, 0.5) is 8.78 Å². The number of hydrogen-bond acceptors (Lipinski definition) is 9. The van der Waals surface area contributed by atoms with Crippen LogP contribution in [0.5, 0.6) is 0 Å². The molecule has 65 heavy (non-hydrogen) atoms. The third-order valence-electron chi connectivity index (χ3n) is 15.1. The lowest BCUT2D eigenvalue weighted by molar-refractivity contribution is -0.156. The topological polar surface area (TPSA) is 166 Å². The Kier molecular flexibility index (Phi) is 16.1. The van der Waals surface area contributed by atoms with E-state index in [0.29, 0.717) is 43.6 Å². The van der Waals surface area contributed by atoms with Gasteiger partial charge in [-0.3, -0.25) is 28.5 Å². The second-order valence-corrected chi connectivity index (χ2v) is 18.9.